The van der Waals surface area contributed by atoms with Gasteiger partial charge in [-0.25, -0.2) is 0 Å². The summed E-state index contributed by atoms with van der Waals surface area (Å²) in [7, 11) is 1.58. The second-order valence-corrected chi connectivity index (χ2v) is 6.49. The minimum Gasteiger partial charge on any atom is -0.494 e. The van der Waals surface area contributed by atoms with E-state index in [-0.39, 0.29) is 5.91 Å². The molecule has 7 heteroatoms. The molecule has 0 radical (unpaired) electrons. The average Bonchev–Trinajstić information content (AvgIpc) is 3.21. The summed E-state index contributed by atoms with van der Waals surface area (Å²) in [5, 5.41) is 11.2. The van der Waals surface area contributed by atoms with Gasteiger partial charge in [0.2, 0.25) is 0 Å². The smallest absolute Gasteiger partial charge is 0.258 e. The van der Waals surface area contributed by atoms with Crippen LogP contribution in [0.2, 0.25) is 0 Å². The van der Waals surface area contributed by atoms with Gasteiger partial charge in [-0.2, -0.15) is 4.68 Å². The van der Waals surface area contributed by atoms with Gasteiger partial charge in [-0.3, -0.25) is 4.79 Å². The van der Waals surface area contributed by atoms with Crippen LogP contribution in [0.15, 0.2) is 48.8 Å². The molecule has 0 spiro atoms. The maximum atomic E-state index is 13.3. The molecular formula is C19H19N5O2. The van der Waals surface area contributed by atoms with E-state index in [2.05, 4.69) is 28.5 Å². The number of rotatable bonds is 3. The molecule has 0 aliphatic carbocycles. The number of anilines is 1. The zero-order chi connectivity index (χ0) is 18.1. The molecule has 0 bridgehead atoms. The highest BCUT2D eigenvalue weighted by Crippen LogP contribution is 2.31. The molecule has 2 aromatic carbocycles. The van der Waals surface area contributed by atoms with Crippen molar-refractivity contribution in [2.45, 2.75) is 13.3 Å². The molecule has 1 atom stereocenters. The lowest BCUT2D eigenvalue weighted by atomic mass is 9.93. The summed E-state index contributed by atoms with van der Waals surface area (Å²) in [5.41, 5.74) is 3.38. The van der Waals surface area contributed by atoms with Crippen molar-refractivity contribution in [1.29, 1.82) is 0 Å². The first-order chi connectivity index (χ1) is 12.7. The van der Waals surface area contributed by atoms with E-state index in [4.69, 9.17) is 4.74 Å². The van der Waals surface area contributed by atoms with Crippen LogP contribution in [-0.2, 0) is 6.42 Å². The predicted octanol–water partition coefficient (Wildman–Crippen LogP) is 2.51. The Labute approximate surface area is 151 Å². The number of hydrogen-bond acceptors (Lipinski definition) is 5. The Morgan fingerprint density at radius 2 is 2.04 bits per heavy atom. The maximum Gasteiger partial charge on any atom is 0.258 e. The highest BCUT2D eigenvalue weighted by Gasteiger charge is 2.27. The van der Waals surface area contributed by atoms with Gasteiger partial charge in [-0.1, -0.05) is 25.1 Å². The highest BCUT2D eigenvalue weighted by atomic mass is 16.5. The number of nitrogens with zero attached hydrogens (tertiary/aromatic N) is 5. The fourth-order valence-corrected chi connectivity index (χ4v) is 3.42. The van der Waals surface area contributed by atoms with E-state index in [1.54, 1.807) is 25.3 Å². The second kappa shape index (κ2) is 6.59. The lowest BCUT2D eigenvalue weighted by Gasteiger charge is -2.33. The van der Waals surface area contributed by atoms with E-state index in [1.807, 2.05) is 23.1 Å². The minimum absolute atomic E-state index is 0.0408. The third-order valence-electron chi connectivity index (χ3n) is 4.61. The molecule has 132 valence electrons. The first-order valence-electron chi connectivity index (χ1n) is 8.48. The van der Waals surface area contributed by atoms with Gasteiger partial charge in [-0.05, 0) is 52.6 Å². The number of amides is 1. The fourth-order valence-electron chi connectivity index (χ4n) is 3.42. The van der Waals surface area contributed by atoms with Crippen molar-refractivity contribution < 1.29 is 9.53 Å². The minimum atomic E-state index is -0.0408. The molecule has 1 aliphatic heterocycles. The molecule has 0 N–H and O–H groups in total. The number of methoxy groups -OCH3 is 1. The van der Waals surface area contributed by atoms with Gasteiger partial charge in [0.05, 0.1) is 7.11 Å². The van der Waals surface area contributed by atoms with Crippen LogP contribution in [0.3, 0.4) is 0 Å². The molecular weight excluding hydrogens is 330 g/mol. The van der Waals surface area contributed by atoms with Gasteiger partial charge in [0.15, 0.2) is 0 Å². The van der Waals surface area contributed by atoms with Crippen LogP contribution in [0.4, 0.5) is 5.69 Å². The second-order valence-electron chi connectivity index (χ2n) is 6.49. The van der Waals surface area contributed by atoms with E-state index >= 15 is 0 Å². The number of carbonyl (C=O) groups is 1. The van der Waals surface area contributed by atoms with Crippen molar-refractivity contribution in [3.8, 4) is 11.4 Å². The molecule has 4 rings (SSSR count). The van der Waals surface area contributed by atoms with E-state index in [0.717, 1.165) is 12.1 Å². The Morgan fingerprint density at radius 1 is 1.19 bits per heavy atom. The molecule has 0 saturated heterocycles. The van der Waals surface area contributed by atoms with Crippen molar-refractivity contribution in [1.82, 2.24) is 20.2 Å². The summed E-state index contributed by atoms with van der Waals surface area (Å²) in [5.74, 6) is 0.966. The molecule has 0 fully saturated rings. The molecule has 3 aromatic rings. The van der Waals surface area contributed by atoms with Crippen LogP contribution >= 0.6 is 0 Å². The zero-order valence-corrected chi connectivity index (χ0v) is 14.7. The Kier molecular flexibility index (Phi) is 4.12. The van der Waals surface area contributed by atoms with Crippen molar-refractivity contribution >= 4 is 11.6 Å². The van der Waals surface area contributed by atoms with E-state index < -0.39 is 0 Å². The molecule has 1 amide bonds. The van der Waals surface area contributed by atoms with Crippen LogP contribution in [0.5, 0.6) is 5.75 Å². The van der Waals surface area contributed by atoms with Crippen LogP contribution in [0.25, 0.3) is 5.69 Å². The van der Waals surface area contributed by atoms with Gasteiger partial charge in [0.25, 0.3) is 5.91 Å². The molecule has 1 aliphatic rings. The fraction of sp³-hybridized carbons (Fsp3) is 0.263. The lowest BCUT2D eigenvalue weighted by Crippen LogP contribution is -2.39. The number of ether oxygens (including phenoxy) is 1. The summed E-state index contributed by atoms with van der Waals surface area (Å²) < 4.78 is 6.87. The molecule has 1 aromatic heterocycles. The van der Waals surface area contributed by atoms with Crippen LogP contribution in [-0.4, -0.2) is 39.8 Å². The Bertz CT molecular complexity index is 939. The predicted molar refractivity (Wildman–Crippen MR) is 96.7 cm³/mol. The van der Waals surface area contributed by atoms with Crippen molar-refractivity contribution in [2.24, 2.45) is 5.92 Å². The summed E-state index contributed by atoms with van der Waals surface area (Å²) in [6.45, 7) is 2.86. The van der Waals surface area contributed by atoms with Crippen molar-refractivity contribution in [2.75, 3.05) is 18.6 Å². The Hall–Kier alpha value is -3.22. The lowest BCUT2D eigenvalue weighted by molar-refractivity contribution is 0.0981. The van der Waals surface area contributed by atoms with Gasteiger partial charge in [-0.15, -0.1) is 5.10 Å². The number of fused-ring (bicyclic) bond motifs is 1. The van der Waals surface area contributed by atoms with Crippen molar-refractivity contribution in [3.05, 3.63) is 59.9 Å². The van der Waals surface area contributed by atoms with Crippen LogP contribution in [0.1, 0.15) is 22.8 Å². The van der Waals surface area contributed by atoms with E-state index in [9.17, 15) is 4.79 Å². The van der Waals surface area contributed by atoms with Gasteiger partial charge >= 0.3 is 0 Å². The number of benzene rings is 2. The summed E-state index contributed by atoms with van der Waals surface area (Å²) >= 11 is 0. The first kappa shape index (κ1) is 16.3. The first-order valence-corrected chi connectivity index (χ1v) is 8.48. The molecule has 1 unspecified atom stereocenters. The van der Waals surface area contributed by atoms with Crippen LogP contribution in [0, 0.1) is 5.92 Å². The van der Waals surface area contributed by atoms with Gasteiger partial charge in [0.1, 0.15) is 17.8 Å². The third kappa shape index (κ3) is 2.81. The topological polar surface area (TPSA) is 73.1 Å². The number of para-hydroxylation sites is 1. The van der Waals surface area contributed by atoms with Gasteiger partial charge in [0, 0.05) is 17.8 Å². The maximum absolute atomic E-state index is 13.3. The third-order valence-corrected chi connectivity index (χ3v) is 4.61. The Morgan fingerprint density at radius 3 is 2.81 bits per heavy atom. The monoisotopic (exact) mass is 349 g/mol. The van der Waals surface area contributed by atoms with E-state index in [1.165, 1.54) is 16.6 Å². The summed E-state index contributed by atoms with van der Waals surface area (Å²) in [6.07, 6.45) is 2.46. The summed E-state index contributed by atoms with van der Waals surface area (Å²) in [4.78, 5) is 15.1. The largest absolute Gasteiger partial charge is 0.494 e. The normalized spacial score (nSPS) is 16.2. The summed E-state index contributed by atoms with van der Waals surface area (Å²) in [6, 6.07) is 13.4. The number of aromatic nitrogens is 4. The molecule has 26 heavy (non-hydrogen) atoms. The number of tetrazole rings is 1. The molecule has 2 heterocycles. The number of carbonyl (C=O) groups excluding carboxylic acids is 1. The quantitative estimate of drug-likeness (QED) is 0.726. The average molecular weight is 349 g/mol. The van der Waals surface area contributed by atoms with Gasteiger partial charge < -0.3 is 9.64 Å². The zero-order valence-electron chi connectivity index (χ0n) is 14.7. The standard InChI is InChI=1S/C19H19N5O2/c1-13-9-14-5-3-4-6-16(14)23(11-13)19(25)15-7-8-18(26-2)17(10-15)24-12-20-21-22-24/h3-8,10,12-13H,9,11H2,1-2H3. The van der Waals surface area contributed by atoms with Crippen molar-refractivity contribution in [3.63, 3.8) is 0 Å². The Balaban J connectivity index is 1.74. The highest BCUT2D eigenvalue weighted by molar-refractivity contribution is 6.07. The molecule has 7 nitrogen and oxygen atoms in total. The SMILES string of the molecule is COc1ccc(C(=O)N2CC(C)Cc3ccccc32)cc1-n1cnnn1. The number of hydrogen-bond donors (Lipinski definition) is 0. The molecule has 0 saturated carbocycles. The van der Waals surface area contributed by atoms with E-state index in [0.29, 0.717) is 29.5 Å². The van der Waals surface area contributed by atoms with Crippen LogP contribution < -0.4 is 9.64 Å².